The lowest BCUT2D eigenvalue weighted by molar-refractivity contribution is -0.141. The second-order valence-corrected chi connectivity index (χ2v) is 13.3. The predicted molar refractivity (Wildman–Crippen MR) is 174 cm³/mol. The molecule has 1 spiro atoms. The Bertz CT molecular complexity index is 1440. The van der Waals surface area contributed by atoms with Crippen LogP contribution >= 0.6 is 0 Å². The van der Waals surface area contributed by atoms with Crippen LogP contribution < -0.4 is 15.4 Å². The van der Waals surface area contributed by atoms with Crippen molar-refractivity contribution in [2.45, 2.75) is 62.8 Å². The summed E-state index contributed by atoms with van der Waals surface area (Å²) in [6.07, 6.45) is 8.47. The summed E-state index contributed by atoms with van der Waals surface area (Å²) in [6, 6.07) is 16.0. The lowest BCUT2D eigenvalue weighted by Gasteiger charge is -2.37. The first kappa shape index (κ1) is 30.9. The Kier molecular flexibility index (Phi) is 8.85. The summed E-state index contributed by atoms with van der Waals surface area (Å²) in [5.41, 5.74) is -0.553. The summed E-state index contributed by atoms with van der Waals surface area (Å²) < 4.78 is 12.4. The molecule has 2 bridgehead atoms. The molecule has 0 unspecified atom stereocenters. The van der Waals surface area contributed by atoms with Gasteiger partial charge in [-0.15, -0.1) is 0 Å². The molecule has 5 aliphatic rings. The van der Waals surface area contributed by atoms with Crippen LogP contribution in [0.15, 0.2) is 66.7 Å². The Morgan fingerprint density at radius 1 is 0.891 bits per heavy atom. The number of benzene rings is 2. The topological polar surface area (TPSA) is 103 Å². The number of ether oxygens (including phenoxy) is 2. The number of piperazine rings is 1. The number of para-hydroxylation sites is 1. The van der Waals surface area contributed by atoms with Gasteiger partial charge in [0.15, 0.2) is 0 Å². The van der Waals surface area contributed by atoms with Gasteiger partial charge in [-0.2, -0.15) is 0 Å². The van der Waals surface area contributed by atoms with Crippen LogP contribution in [-0.2, 0) is 19.1 Å². The van der Waals surface area contributed by atoms with Gasteiger partial charge in [0.05, 0.1) is 17.9 Å². The lowest BCUT2D eigenvalue weighted by atomic mass is 9.74. The highest BCUT2D eigenvalue weighted by Gasteiger charge is 2.72. The van der Waals surface area contributed by atoms with Crippen molar-refractivity contribution in [2.75, 3.05) is 51.1 Å². The number of amides is 3. The number of nitrogens with zero attached hydrogens (tertiary/aromatic N) is 3. The molecule has 10 nitrogen and oxygen atoms in total. The van der Waals surface area contributed by atoms with Crippen molar-refractivity contribution < 1.29 is 23.9 Å². The Morgan fingerprint density at radius 2 is 1.59 bits per heavy atom. The first-order valence-corrected chi connectivity index (χ1v) is 17.0. The smallest absolute Gasteiger partial charge is 0.246 e. The van der Waals surface area contributed by atoms with Gasteiger partial charge < -0.3 is 29.9 Å². The molecule has 1 saturated carbocycles. The van der Waals surface area contributed by atoms with Gasteiger partial charge in [0.25, 0.3) is 0 Å². The Hall–Kier alpha value is -3.73. The Labute approximate surface area is 271 Å². The third-order valence-electron chi connectivity index (χ3n) is 10.5. The largest absolute Gasteiger partial charge is 0.457 e. The number of nitrogens with one attached hydrogen (secondary N) is 2. The van der Waals surface area contributed by atoms with E-state index in [2.05, 4.69) is 27.4 Å². The molecule has 0 radical (unpaired) electrons. The van der Waals surface area contributed by atoms with Crippen LogP contribution in [0.2, 0.25) is 0 Å². The second kappa shape index (κ2) is 13.2. The maximum Gasteiger partial charge on any atom is 0.246 e. The molecule has 5 atom stereocenters. The van der Waals surface area contributed by atoms with Crippen molar-refractivity contribution in [1.29, 1.82) is 0 Å². The standard InChI is InChI=1S/C36H45N5O5/c1-2-39-19-21-40(22-20-39)23-24-41-32(34(43)38-25-9-5-3-6-10-25)36-18-17-29(46-36)30(31(36)35(41)44)33(42)37-26-13-15-28(16-14-26)45-27-11-7-4-8-12-27/h4,7-8,11-18,25,29-32H,2-3,5-6,9-10,19-24H2,1H3,(H,37,42)(H,38,43)/t29-,30-,31-,32-,36+/m1/s1. The molecule has 2 aromatic rings. The molecule has 2 N–H and O–H groups in total. The zero-order valence-electron chi connectivity index (χ0n) is 26.6. The van der Waals surface area contributed by atoms with Crippen LogP contribution in [0.3, 0.4) is 0 Å². The van der Waals surface area contributed by atoms with Gasteiger partial charge >= 0.3 is 0 Å². The summed E-state index contributed by atoms with van der Waals surface area (Å²) >= 11 is 0. The van der Waals surface area contributed by atoms with Crippen LogP contribution in [-0.4, -0.2) is 102 Å². The zero-order chi connectivity index (χ0) is 31.7. The summed E-state index contributed by atoms with van der Waals surface area (Å²) in [4.78, 5) is 48.8. The van der Waals surface area contributed by atoms with Gasteiger partial charge in [0.2, 0.25) is 17.7 Å². The van der Waals surface area contributed by atoms with E-state index in [1.54, 1.807) is 29.2 Å². The van der Waals surface area contributed by atoms with Crippen molar-refractivity contribution in [1.82, 2.24) is 20.0 Å². The van der Waals surface area contributed by atoms with E-state index in [1.165, 1.54) is 6.42 Å². The molecule has 3 amide bonds. The minimum atomic E-state index is -1.16. The van der Waals surface area contributed by atoms with Crippen molar-refractivity contribution in [2.24, 2.45) is 11.8 Å². The summed E-state index contributed by atoms with van der Waals surface area (Å²) in [6.45, 7) is 8.17. The maximum atomic E-state index is 14.3. The first-order chi connectivity index (χ1) is 22.4. The van der Waals surface area contributed by atoms with E-state index in [0.29, 0.717) is 24.5 Å². The van der Waals surface area contributed by atoms with Crippen molar-refractivity contribution in [3.63, 3.8) is 0 Å². The molecule has 10 heteroatoms. The fraction of sp³-hybridized carbons (Fsp3) is 0.528. The fourth-order valence-electron chi connectivity index (χ4n) is 8.07. The van der Waals surface area contributed by atoms with Crippen LogP contribution in [0.5, 0.6) is 11.5 Å². The van der Waals surface area contributed by atoms with Gasteiger partial charge in [-0.3, -0.25) is 19.3 Å². The van der Waals surface area contributed by atoms with E-state index in [0.717, 1.165) is 64.2 Å². The molecule has 2 aromatic carbocycles. The first-order valence-electron chi connectivity index (χ1n) is 17.0. The number of hydrogen-bond donors (Lipinski definition) is 2. The fourth-order valence-corrected chi connectivity index (χ4v) is 8.07. The average Bonchev–Trinajstić information content (AvgIpc) is 3.73. The van der Waals surface area contributed by atoms with Crippen LogP contribution in [0.4, 0.5) is 5.69 Å². The van der Waals surface area contributed by atoms with Gasteiger partial charge in [-0.1, -0.05) is 56.5 Å². The third kappa shape index (κ3) is 5.94. The van der Waals surface area contributed by atoms with Gasteiger partial charge in [0.1, 0.15) is 23.1 Å². The van der Waals surface area contributed by atoms with Crippen LogP contribution in [0, 0.1) is 11.8 Å². The summed E-state index contributed by atoms with van der Waals surface area (Å²) in [5, 5.41) is 6.30. The molecule has 7 rings (SSSR count). The number of fused-ring (bicyclic) bond motifs is 1. The molecular formula is C36H45N5O5. The molecule has 4 aliphatic heterocycles. The highest BCUT2D eigenvalue weighted by molar-refractivity contribution is 6.02. The summed E-state index contributed by atoms with van der Waals surface area (Å²) in [5.74, 6) is -0.740. The monoisotopic (exact) mass is 627 g/mol. The number of carbonyl (C=O) groups excluding carboxylic acids is 3. The molecule has 4 fully saturated rings. The van der Waals surface area contributed by atoms with Gasteiger partial charge in [0, 0.05) is 51.0 Å². The van der Waals surface area contributed by atoms with E-state index in [1.807, 2.05) is 42.5 Å². The van der Waals surface area contributed by atoms with Gasteiger partial charge in [-0.05, 0) is 55.8 Å². The van der Waals surface area contributed by atoms with E-state index < -0.39 is 29.6 Å². The predicted octanol–water partition coefficient (Wildman–Crippen LogP) is 3.65. The van der Waals surface area contributed by atoms with E-state index >= 15 is 0 Å². The molecule has 3 saturated heterocycles. The zero-order valence-corrected chi connectivity index (χ0v) is 26.6. The molecule has 244 valence electrons. The SMILES string of the molecule is CCN1CCN(CCN2C(=O)[C@H]3[C@H](C(=O)Nc4ccc(Oc5ccccc5)cc4)[C@H]4C=C[C@@]3(O4)[C@H]2C(=O)NC2CCCCC2)CC1. The lowest BCUT2D eigenvalue weighted by Crippen LogP contribution is -2.57. The van der Waals surface area contributed by atoms with E-state index in [-0.39, 0.29) is 23.8 Å². The number of likely N-dealkylation sites (N-methyl/N-ethyl adjacent to an activating group) is 1. The average molecular weight is 628 g/mol. The van der Waals surface area contributed by atoms with Crippen LogP contribution in [0.1, 0.15) is 39.0 Å². The van der Waals surface area contributed by atoms with E-state index in [9.17, 15) is 14.4 Å². The normalized spacial score (nSPS) is 29.6. The Balaban J connectivity index is 1.08. The highest BCUT2D eigenvalue weighted by atomic mass is 16.5. The molecule has 1 aliphatic carbocycles. The van der Waals surface area contributed by atoms with Crippen molar-refractivity contribution in [3.8, 4) is 11.5 Å². The minimum absolute atomic E-state index is 0.103. The molecule has 0 aromatic heterocycles. The number of carbonyl (C=O) groups is 3. The Morgan fingerprint density at radius 3 is 2.30 bits per heavy atom. The summed E-state index contributed by atoms with van der Waals surface area (Å²) in [7, 11) is 0. The number of likely N-dealkylation sites (tertiary alicyclic amines) is 1. The number of anilines is 1. The maximum absolute atomic E-state index is 14.3. The minimum Gasteiger partial charge on any atom is -0.457 e. The highest BCUT2D eigenvalue weighted by Crippen LogP contribution is 2.55. The third-order valence-corrected chi connectivity index (χ3v) is 10.5. The number of rotatable bonds is 10. The number of hydrogen-bond acceptors (Lipinski definition) is 7. The molecular weight excluding hydrogens is 582 g/mol. The molecule has 46 heavy (non-hydrogen) atoms. The van der Waals surface area contributed by atoms with Crippen LogP contribution in [0.25, 0.3) is 0 Å². The van der Waals surface area contributed by atoms with E-state index in [4.69, 9.17) is 9.47 Å². The quantitative estimate of drug-likeness (QED) is 0.388. The van der Waals surface area contributed by atoms with Crippen molar-refractivity contribution >= 4 is 23.4 Å². The van der Waals surface area contributed by atoms with Gasteiger partial charge in [-0.25, -0.2) is 0 Å². The molecule has 4 heterocycles. The van der Waals surface area contributed by atoms with Crippen molar-refractivity contribution in [3.05, 3.63) is 66.7 Å². The second-order valence-electron chi connectivity index (χ2n) is 13.3.